The Kier molecular flexibility index (Phi) is 6.01. The number of anilines is 2. The standard InChI is InChI=1S/C10H18ClN4O4P/c1-6(2)17-20(16,18-7(3)4)8(11)5-13-10-9(12)14-19-15-10/h5-7H,1-4H3,(H2,12,14)(H,13,15)/b8-5+. The minimum atomic E-state index is -3.61. The zero-order valence-corrected chi connectivity index (χ0v) is 13.3. The molecule has 0 aliphatic carbocycles. The van der Waals surface area contributed by atoms with E-state index in [1.807, 2.05) is 0 Å². The Morgan fingerprint density at radius 3 is 2.30 bits per heavy atom. The molecule has 0 aromatic carbocycles. The van der Waals surface area contributed by atoms with Crippen LogP contribution in [0.25, 0.3) is 0 Å². The first kappa shape index (κ1) is 17.0. The lowest BCUT2D eigenvalue weighted by Gasteiger charge is -2.22. The van der Waals surface area contributed by atoms with E-state index in [1.54, 1.807) is 27.7 Å². The maximum Gasteiger partial charge on any atom is 0.374 e. The average molecular weight is 325 g/mol. The van der Waals surface area contributed by atoms with Crippen LogP contribution in [-0.2, 0) is 13.6 Å². The number of hydrogen-bond acceptors (Lipinski definition) is 8. The Balaban J connectivity index is 2.89. The summed E-state index contributed by atoms with van der Waals surface area (Å²) in [6.07, 6.45) is 0.587. The van der Waals surface area contributed by atoms with Crippen LogP contribution in [0.3, 0.4) is 0 Å². The van der Waals surface area contributed by atoms with Crippen LogP contribution in [0.5, 0.6) is 0 Å². The maximum absolute atomic E-state index is 12.6. The molecule has 1 aromatic rings. The number of nitrogens with one attached hydrogen (secondary N) is 1. The second-order valence-electron chi connectivity index (χ2n) is 4.42. The molecular formula is C10H18ClN4O4P. The second kappa shape index (κ2) is 7.08. The molecule has 0 saturated heterocycles. The molecule has 20 heavy (non-hydrogen) atoms. The predicted octanol–water partition coefficient (Wildman–Crippen LogP) is 3.14. The third-order valence-electron chi connectivity index (χ3n) is 1.80. The molecule has 0 radical (unpaired) electrons. The van der Waals surface area contributed by atoms with Crippen LogP contribution in [0.2, 0.25) is 0 Å². The van der Waals surface area contributed by atoms with Gasteiger partial charge in [-0.2, -0.15) is 0 Å². The van der Waals surface area contributed by atoms with Gasteiger partial charge in [-0.3, -0.25) is 4.57 Å². The molecule has 1 rings (SSSR count). The lowest BCUT2D eigenvalue weighted by atomic mass is 10.5. The van der Waals surface area contributed by atoms with E-state index in [-0.39, 0.29) is 28.6 Å². The number of hydrogen-bond donors (Lipinski definition) is 2. The first-order valence-corrected chi connectivity index (χ1v) is 7.84. The van der Waals surface area contributed by atoms with Crippen molar-refractivity contribution in [1.82, 2.24) is 10.3 Å². The van der Waals surface area contributed by atoms with Gasteiger partial charge in [-0.1, -0.05) is 11.6 Å². The molecule has 114 valence electrons. The topological polar surface area (TPSA) is 112 Å². The SMILES string of the molecule is CC(C)OP(=O)(OC(C)C)/C(Cl)=C/Nc1nonc1N. The van der Waals surface area contributed by atoms with Crippen LogP contribution in [0.15, 0.2) is 15.6 Å². The van der Waals surface area contributed by atoms with Gasteiger partial charge in [0.25, 0.3) is 0 Å². The lowest BCUT2D eigenvalue weighted by Crippen LogP contribution is -2.08. The lowest BCUT2D eigenvalue weighted by molar-refractivity contribution is 0.148. The van der Waals surface area contributed by atoms with Gasteiger partial charge < -0.3 is 20.1 Å². The Bertz CT molecular complexity index is 503. The molecule has 0 aliphatic heterocycles. The summed E-state index contributed by atoms with van der Waals surface area (Å²) in [6.45, 7) is 6.92. The van der Waals surface area contributed by atoms with Gasteiger partial charge in [-0.15, -0.1) is 0 Å². The third kappa shape index (κ3) is 4.79. The van der Waals surface area contributed by atoms with Gasteiger partial charge in [0.05, 0.1) is 12.2 Å². The van der Waals surface area contributed by atoms with E-state index in [2.05, 4.69) is 20.3 Å². The summed E-state index contributed by atoms with van der Waals surface area (Å²) in [6, 6.07) is 0. The molecule has 0 unspecified atom stereocenters. The normalized spacial score (nSPS) is 13.2. The maximum atomic E-state index is 12.6. The highest BCUT2D eigenvalue weighted by atomic mass is 35.5. The number of rotatable bonds is 7. The van der Waals surface area contributed by atoms with Crippen molar-refractivity contribution in [2.45, 2.75) is 39.9 Å². The van der Waals surface area contributed by atoms with E-state index in [9.17, 15) is 4.57 Å². The van der Waals surface area contributed by atoms with Gasteiger partial charge in [-0.25, -0.2) is 4.63 Å². The fourth-order valence-electron chi connectivity index (χ4n) is 1.18. The van der Waals surface area contributed by atoms with Crippen molar-refractivity contribution in [3.8, 4) is 0 Å². The number of nitrogens with zero attached hydrogens (tertiary/aromatic N) is 2. The van der Waals surface area contributed by atoms with Crippen molar-refractivity contribution in [1.29, 1.82) is 0 Å². The first-order chi connectivity index (χ1) is 9.24. The minimum Gasteiger partial charge on any atom is -0.378 e. The molecule has 3 N–H and O–H groups in total. The van der Waals surface area contributed by atoms with E-state index in [0.717, 1.165) is 0 Å². The van der Waals surface area contributed by atoms with Gasteiger partial charge in [-0.05, 0) is 38.0 Å². The summed E-state index contributed by atoms with van der Waals surface area (Å²) in [5, 5.41) is 9.50. The number of halogens is 1. The summed E-state index contributed by atoms with van der Waals surface area (Å²) in [4.78, 5) is 0. The smallest absolute Gasteiger partial charge is 0.374 e. The Morgan fingerprint density at radius 2 is 1.90 bits per heavy atom. The van der Waals surface area contributed by atoms with Gasteiger partial charge >= 0.3 is 7.60 Å². The quantitative estimate of drug-likeness (QED) is 0.735. The van der Waals surface area contributed by atoms with Gasteiger partial charge in [0.2, 0.25) is 11.6 Å². The van der Waals surface area contributed by atoms with E-state index in [0.29, 0.717) is 0 Å². The molecule has 0 spiro atoms. The summed E-state index contributed by atoms with van der Waals surface area (Å²) in [5.74, 6) is 0.207. The Hall–Kier alpha value is -1.08. The average Bonchev–Trinajstić information content (AvgIpc) is 2.69. The van der Waals surface area contributed by atoms with E-state index in [1.165, 1.54) is 6.20 Å². The van der Waals surface area contributed by atoms with Crippen molar-refractivity contribution >= 4 is 30.8 Å². The van der Waals surface area contributed by atoms with Crippen LogP contribution < -0.4 is 11.1 Å². The Labute approximate surface area is 122 Å². The van der Waals surface area contributed by atoms with E-state index < -0.39 is 7.60 Å². The van der Waals surface area contributed by atoms with Crippen molar-refractivity contribution in [2.24, 2.45) is 0 Å². The van der Waals surface area contributed by atoms with Crippen LogP contribution in [0, 0.1) is 0 Å². The number of nitrogen functional groups attached to an aromatic ring is 1. The molecule has 0 amide bonds. The highest BCUT2D eigenvalue weighted by Gasteiger charge is 2.32. The second-order valence-corrected chi connectivity index (χ2v) is 6.98. The molecule has 1 heterocycles. The molecule has 0 atom stereocenters. The monoisotopic (exact) mass is 324 g/mol. The molecular weight excluding hydrogens is 307 g/mol. The molecule has 1 aromatic heterocycles. The summed E-state index contributed by atoms with van der Waals surface area (Å²) in [5.41, 5.74) is 5.46. The zero-order chi connectivity index (χ0) is 15.3. The summed E-state index contributed by atoms with van der Waals surface area (Å²) >= 11 is 6.01. The zero-order valence-electron chi connectivity index (χ0n) is 11.7. The van der Waals surface area contributed by atoms with Crippen LogP contribution in [-0.4, -0.2) is 22.5 Å². The third-order valence-corrected chi connectivity index (χ3v) is 4.58. The van der Waals surface area contributed by atoms with Crippen LogP contribution >= 0.6 is 19.2 Å². The minimum absolute atomic E-state index is 0.0510. The fraction of sp³-hybridized carbons (Fsp3) is 0.600. The highest BCUT2D eigenvalue weighted by molar-refractivity contribution is 7.61. The van der Waals surface area contributed by atoms with E-state index in [4.69, 9.17) is 26.4 Å². The molecule has 8 nitrogen and oxygen atoms in total. The molecule has 0 bridgehead atoms. The largest absolute Gasteiger partial charge is 0.378 e. The number of nitrogens with two attached hydrogens (primary N) is 1. The molecule has 0 fully saturated rings. The van der Waals surface area contributed by atoms with Crippen molar-refractivity contribution in [3.05, 3.63) is 11.0 Å². The van der Waals surface area contributed by atoms with Gasteiger partial charge in [0.15, 0.2) is 0 Å². The Morgan fingerprint density at radius 1 is 1.35 bits per heavy atom. The first-order valence-electron chi connectivity index (χ1n) is 5.92. The molecule has 10 heteroatoms. The predicted molar refractivity (Wildman–Crippen MR) is 76.3 cm³/mol. The van der Waals surface area contributed by atoms with Crippen molar-refractivity contribution in [2.75, 3.05) is 11.1 Å². The fourth-order valence-corrected chi connectivity index (χ4v) is 3.06. The summed E-state index contributed by atoms with van der Waals surface area (Å²) < 4.78 is 27.5. The molecule has 0 aliphatic rings. The molecule has 0 saturated carbocycles. The number of aromatic nitrogens is 2. The van der Waals surface area contributed by atoms with Crippen LogP contribution in [0.4, 0.5) is 11.6 Å². The van der Waals surface area contributed by atoms with Gasteiger partial charge in [0, 0.05) is 6.20 Å². The summed E-state index contributed by atoms with van der Waals surface area (Å²) in [7, 11) is -3.61. The van der Waals surface area contributed by atoms with Gasteiger partial charge in [0.1, 0.15) is 4.77 Å². The van der Waals surface area contributed by atoms with Crippen molar-refractivity contribution < 1.29 is 18.2 Å². The highest BCUT2D eigenvalue weighted by Crippen LogP contribution is 2.59. The van der Waals surface area contributed by atoms with E-state index >= 15 is 0 Å². The van der Waals surface area contributed by atoms with Crippen molar-refractivity contribution in [3.63, 3.8) is 0 Å². The van der Waals surface area contributed by atoms with Crippen LogP contribution in [0.1, 0.15) is 27.7 Å².